The monoisotopic (exact) mass is 468 g/mol. The summed E-state index contributed by atoms with van der Waals surface area (Å²) in [6.45, 7) is 6.48. The average molecular weight is 469 g/mol. The maximum absolute atomic E-state index is 13.1. The lowest BCUT2D eigenvalue weighted by Crippen LogP contribution is -2.54. The Hall–Kier alpha value is -0.400. The van der Waals surface area contributed by atoms with Crippen molar-refractivity contribution in [3.8, 4) is 0 Å². The number of halogens is 1. The number of hydrazine groups is 2. The predicted molar refractivity (Wildman–Crippen MR) is 131 cm³/mol. The minimum atomic E-state index is -0.159. The highest BCUT2D eigenvalue weighted by Gasteiger charge is 2.36. The molecule has 2 saturated carbocycles. The molecule has 4 aliphatic rings. The van der Waals surface area contributed by atoms with Gasteiger partial charge in [-0.2, -0.15) is 5.53 Å². The van der Waals surface area contributed by atoms with Crippen LogP contribution in [0.15, 0.2) is 0 Å². The minimum Gasteiger partial charge on any atom is -0.344 e. The van der Waals surface area contributed by atoms with Gasteiger partial charge in [-0.15, -0.1) is 11.6 Å². The van der Waals surface area contributed by atoms with Crippen molar-refractivity contribution in [2.45, 2.75) is 82.0 Å². The Balaban J connectivity index is 1.17. The van der Waals surface area contributed by atoms with Crippen molar-refractivity contribution in [3.63, 3.8) is 0 Å². The molecule has 184 valence electrons. The highest BCUT2D eigenvalue weighted by Crippen LogP contribution is 2.31. The second kappa shape index (κ2) is 11.4. The van der Waals surface area contributed by atoms with Gasteiger partial charge in [0.05, 0.1) is 26.7 Å². The maximum Gasteiger partial charge on any atom is 0.242 e. The second-order valence-electron chi connectivity index (χ2n) is 11.7. The molecular formula is C25H47ClN5O+. The zero-order chi connectivity index (χ0) is 22.6. The van der Waals surface area contributed by atoms with Gasteiger partial charge >= 0.3 is 0 Å². The van der Waals surface area contributed by atoms with E-state index in [1.807, 2.05) is 11.9 Å². The number of likely N-dealkylation sites (tertiary alicyclic amines) is 1. The maximum atomic E-state index is 13.1. The number of carbonyl (C=O) groups is 1. The Labute approximate surface area is 200 Å². The van der Waals surface area contributed by atoms with E-state index < -0.39 is 0 Å². The van der Waals surface area contributed by atoms with Gasteiger partial charge in [-0.3, -0.25) is 4.79 Å². The molecule has 4 fully saturated rings. The van der Waals surface area contributed by atoms with Crippen LogP contribution in [0.1, 0.15) is 70.6 Å². The lowest BCUT2D eigenvalue weighted by atomic mass is 9.86. The summed E-state index contributed by atoms with van der Waals surface area (Å²) in [6.07, 6.45) is 14.6. The number of alkyl halides is 1. The van der Waals surface area contributed by atoms with Gasteiger partial charge in [0.25, 0.3) is 0 Å². The summed E-state index contributed by atoms with van der Waals surface area (Å²) in [6, 6.07) is -0.159. The smallest absolute Gasteiger partial charge is 0.242 e. The van der Waals surface area contributed by atoms with Crippen LogP contribution in [-0.4, -0.2) is 85.1 Å². The van der Waals surface area contributed by atoms with Crippen molar-refractivity contribution >= 4 is 17.5 Å². The number of carbonyl (C=O) groups excluding carboxylic acids is 1. The van der Waals surface area contributed by atoms with E-state index >= 15 is 0 Å². The third kappa shape index (κ3) is 6.59. The van der Waals surface area contributed by atoms with Gasteiger partial charge in [0, 0.05) is 50.8 Å². The number of hydrogen-bond acceptors (Lipinski definition) is 4. The fourth-order valence-corrected chi connectivity index (χ4v) is 7.10. The topological polar surface area (TPSA) is 47.6 Å². The van der Waals surface area contributed by atoms with Gasteiger partial charge in [0.2, 0.25) is 5.91 Å². The molecule has 0 bridgehead atoms. The molecule has 2 heterocycles. The number of quaternary nitrogens is 1. The van der Waals surface area contributed by atoms with Crippen LogP contribution in [0, 0.1) is 17.8 Å². The van der Waals surface area contributed by atoms with Crippen molar-refractivity contribution in [2.24, 2.45) is 17.8 Å². The van der Waals surface area contributed by atoms with Gasteiger partial charge in [-0.1, -0.05) is 32.1 Å². The highest BCUT2D eigenvalue weighted by molar-refractivity contribution is 6.20. The van der Waals surface area contributed by atoms with Crippen molar-refractivity contribution in [1.82, 2.24) is 20.9 Å². The van der Waals surface area contributed by atoms with Crippen molar-refractivity contribution < 1.29 is 9.28 Å². The lowest BCUT2D eigenvalue weighted by Gasteiger charge is -2.43. The largest absolute Gasteiger partial charge is 0.344 e. The number of amides is 1. The zero-order valence-electron chi connectivity index (χ0n) is 20.5. The van der Waals surface area contributed by atoms with E-state index in [0.717, 1.165) is 32.0 Å². The molecule has 3 unspecified atom stereocenters. The Bertz CT molecular complexity index is 605. The molecule has 2 aliphatic carbocycles. The Morgan fingerprint density at radius 2 is 1.69 bits per heavy atom. The number of nitrogens with one attached hydrogen (secondary N) is 2. The van der Waals surface area contributed by atoms with Gasteiger partial charge in [0.1, 0.15) is 6.04 Å². The number of nitrogens with zero attached hydrogens (tertiary/aromatic N) is 3. The van der Waals surface area contributed by atoms with Crippen LogP contribution in [-0.2, 0) is 4.79 Å². The average Bonchev–Trinajstić information content (AvgIpc) is 3.25. The van der Waals surface area contributed by atoms with Gasteiger partial charge < -0.3 is 9.38 Å². The standard InChI is InChI=1S/C25H47ClN5O/c1-29(16-20-12-14-31(2,15-13-20)19-21-8-4-3-5-9-21)25(32)24-18-30(28-27-24)17-22-10-6-7-11-23(22)26/h20-24,27-28H,3-19H2,1-2H3/q+1. The molecule has 3 atom stereocenters. The molecule has 7 heteroatoms. The number of likely N-dealkylation sites (N-methyl/N-ethyl adjacent to an activating group) is 1. The molecular weight excluding hydrogens is 422 g/mol. The van der Waals surface area contributed by atoms with Crippen LogP contribution in [0.3, 0.4) is 0 Å². The number of piperidine rings is 1. The van der Waals surface area contributed by atoms with E-state index in [9.17, 15) is 4.79 Å². The zero-order valence-corrected chi connectivity index (χ0v) is 21.3. The summed E-state index contributed by atoms with van der Waals surface area (Å²) in [7, 11) is 4.47. The SMILES string of the molecule is CN(CC1CC[N+](C)(CC2CCCCC2)CC1)C(=O)C1CN(CC2CCCCC2Cl)NN1. The normalized spacial score (nSPS) is 37.5. The van der Waals surface area contributed by atoms with Crippen LogP contribution in [0.5, 0.6) is 0 Å². The van der Waals surface area contributed by atoms with Crippen LogP contribution in [0.25, 0.3) is 0 Å². The first-order valence-corrected chi connectivity index (χ1v) is 13.8. The fourth-order valence-electron chi connectivity index (χ4n) is 6.74. The molecule has 6 nitrogen and oxygen atoms in total. The molecule has 32 heavy (non-hydrogen) atoms. The molecule has 2 N–H and O–H groups in total. The van der Waals surface area contributed by atoms with Gasteiger partial charge in [-0.25, -0.2) is 10.4 Å². The summed E-state index contributed by atoms with van der Waals surface area (Å²) in [4.78, 5) is 15.1. The third-order valence-corrected chi connectivity index (χ3v) is 9.43. The molecule has 0 spiro atoms. The molecule has 2 saturated heterocycles. The van der Waals surface area contributed by atoms with Gasteiger partial charge in [0.15, 0.2) is 0 Å². The van der Waals surface area contributed by atoms with E-state index in [4.69, 9.17) is 11.6 Å². The summed E-state index contributed by atoms with van der Waals surface area (Å²) >= 11 is 6.54. The van der Waals surface area contributed by atoms with Gasteiger partial charge in [-0.05, 0) is 37.5 Å². The molecule has 0 aromatic carbocycles. The van der Waals surface area contributed by atoms with Crippen LogP contribution in [0.4, 0.5) is 0 Å². The highest BCUT2D eigenvalue weighted by atomic mass is 35.5. The molecule has 0 radical (unpaired) electrons. The van der Waals surface area contributed by atoms with Crippen LogP contribution >= 0.6 is 11.6 Å². The molecule has 4 rings (SSSR count). The van der Waals surface area contributed by atoms with E-state index in [1.54, 1.807) is 0 Å². The van der Waals surface area contributed by atoms with Crippen molar-refractivity contribution in [2.75, 3.05) is 53.4 Å². The fraction of sp³-hybridized carbons (Fsp3) is 0.960. The first kappa shape index (κ1) is 24.7. The summed E-state index contributed by atoms with van der Waals surface area (Å²) in [5, 5.41) is 2.44. The Morgan fingerprint density at radius 1 is 1.00 bits per heavy atom. The van der Waals surface area contributed by atoms with Crippen molar-refractivity contribution in [3.05, 3.63) is 0 Å². The van der Waals surface area contributed by atoms with E-state index in [0.29, 0.717) is 11.8 Å². The van der Waals surface area contributed by atoms with E-state index in [1.165, 1.54) is 88.3 Å². The van der Waals surface area contributed by atoms with Crippen LogP contribution in [0.2, 0.25) is 0 Å². The predicted octanol–water partition coefficient (Wildman–Crippen LogP) is 3.37. The quantitative estimate of drug-likeness (QED) is 0.444. The molecule has 2 aliphatic heterocycles. The molecule has 0 aromatic rings. The first-order valence-electron chi connectivity index (χ1n) is 13.4. The van der Waals surface area contributed by atoms with Crippen LogP contribution < -0.4 is 11.0 Å². The summed E-state index contributed by atoms with van der Waals surface area (Å²) in [5.41, 5.74) is 6.46. The second-order valence-corrected chi connectivity index (χ2v) is 12.3. The Kier molecular flexibility index (Phi) is 8.77. The number of rotatable bonds is 7. The summed E-state index contributed by atoms with van der Waals surface area (Å²) < 4.78 is 1.25. The lowest BCUT2D eigenvalue weighted by molar-refractivity contribution is -0.918. The minimum absolute atomic E-state index is 0.159. The first-order chi connectivity index (χ1) is 15.4. The van der Waals surface area contributed by atoms with E-state index in [2.05, 4.69) is 23.0 Å². The summed E-state index contributed by atoms with van der Waals surface area (Å²) in [5.74, 6) is 2.33. The van der Waals surface area contributed by atoms with Crippen molar-refractivity contribution in [1.29, 1.82) is 0 Å². The molecule has 1 amide bonds. The molecule has 0 aromatic heterocycles. The third-order valence-electron chi connectivity index (χ3n) is 8.86. The Morgan fingerprint density at radius 3 is 2.41 bits per heavy atom. The number of hydrogen-bond donors (Lipinski definition) is 2. The van der Waals surface area contributed by atoms with E-state index in [-0.39, 0.29) is 17.3 Å².